The highest BCUT2D eigenvalue weighted by atomic mass is 19.1. The maximum absolute atomic E-state index is 14.1. The summed E-state index contributed by atoms with van der Waals surface area (Å²) in [5.41, 5.74) is 1.81. The second-order valence-electron chi connectivity index (χ2n) is 8.51. The topological polar surface area (TPSA) is 20.2 Å². The van der Waals surface area contributed by atoms with Gasteiger partial charge in [-0.25, -0.2) is 4.39 Å². The van der Waals surface area contributed by atoms with Crippen molar-refractivity contribution >= 4 is 0 Å². The summed E-state index contributed by atoms with van der Waals surface area (Å²) in [4.78, 5) is 0. The summed E-state index contributed by atoms with van der Waals surface area (Å²) in [6.07, 6.45) is 14.1. The van der Waals surface area contributed by atoms with E-state index in [-0.39, 0.29) is 12.4 Å². The fourth-order valence-electron chi connectivity index (χ4n) is 5.42. The Bertz CT molecular complexity index is 525. The third-order valence-electron chi connectivity index (χ3n) is 6.96. The lowest BCUT2D eigenvalue weighted by Gasteiger charge is -2.38. The van der Waals surface area contributed by atoms with Gasteiger partial charge in [-0.05, 0) is 85.8 Å². The molecule has 0 saturated heterocycles. The van der Waals surface area contributed by atoms with Gasteiger partial charge in [0, 0.05) is 6.61 Å². The Hall–Kier alpha value is -0.890. The molecule has 0 atom stereocenters. The smallest absolute Gasteiger partial charge is 0.126 e. The van der Waals surface area contributed by atoms with Crippen molar-refractivity contribution in [3.63, 3.8) is 0 Å². The first-order valence-corrected chi connectivity index (χ1v) is 10.6. The van der Waals surface area contributed by atoms with E-state index in [2.05, 4.69) is 13.0 Å². The lowest BCUT2D eigenvalue weighted by molar-refractivity contribution is 0.156. The van der Waals surface area contributed by atoms with Crippen molar-refractivity contribution < 1.29 is 9.50 Å². The molecule has 0 aromatic heterocycles. The number of hydrogen-bond acceptors (Lipinski definition) is 1. The third kappa shape index (κ3) is 4.84. The van der Waals surface area contributed by atoms with E-state index in [4.69, 9.17) is 5.11 Å². The molecule has 2 aliphatic carbocycles. The van der Waals surface area contributed by atoms with Crippen LogP contribution in [0.2, 0.25) is 0 Å². The summed E-state index contributed by atoms with van der Waals surface area (Å²) in [6, 6.07) is 5.70. The zero-order valence-electron chi connectivity index (χ0n) is 15.9. The van der Waals surface area contributed by atoms with Crippen molar-refractivity contribution in [3.8, 4) is 0 Å². The molecule has 0 bridgehead atoms. The Morgan fingerprint density at radius 1 is 0.960 bits per heavy atom. The van der Waals surface area contributed by atoms with E-state index in [0.29, 0.717) is 17.9 Å². The van der Waals surface area contributed by atoms with Crippen LogP contribution in [0, 0.1) is 23.6 Å². The fraction of sp³-hybridized carbons (Fsp3) is 0.739. The number of halogens is 1. The van der Waals surface area contributed by atoms with Crippen LogP contribution in [0.1, 0.15) is 88.2 Å². The van der Waals surface area contributed by atoms with Crippen LogP contribution in [0.15, 0.2) is 18.2 Å². The molecule has 1 nitrogen and oxygen atoms in total. The minimum atomic E-state index is -0.136. The molecule has 1 aromatic rings. The number of benzene rings is 1. The molecule has 3 rings (SSSR count). The van der Waals surface area contributed by atoms with Gasteiger partial charge in [0.15, 0.2) is 0 Å². The molecule has 0 unspecified atom stereocenters. The van der Waals surface area contributed by atoms with Crippen LogP contribution in [0.25, 0.3) is 0 Å². The molecule has 2 fully saturated rings. The molecule has 1 N–H and O–H groups in total. The molecule has 0 aliphatic heterocycles. The van der Waals surface area contributed by atoms with E-state index in [1.807, 2.05) is 6.07 Å². The second kappa shape index (κ2) is 9.16. The van der Waals surface area contributed by atoms with E-state index in [1.165, 1.54) is 69.8 Å². The quantitative estimate of drug-likeness (QED) is 0.646. The summed E-state index contributed by atoms with van der Waals surface area (Å²) in [6.45, 7) is 2.33. The Balaban J connectivity index is 1.50. The van der Waals surface area contributed by atoms with E-state index < -0.39 is 0 Å². The molecule has 140 valence electrons. The maximum Gasteiger partial charge on any atom is 0.126 e. The molecule has 0 amide bonds. The Labute approximate surface area is 153 Å². The van der Waals surface area contributed by atoms with Crippen molar-refractivity contribution in [2.75, 3.05) is 6.61 Å². The lowest BCUT2D eigenvalue weighted by atomic mass is 9.68. The highest BCUT2D eigenvalue weighted by molar-refractivity contribution is 5.27. The molecular weight excluding hydrogens is 311 g/mol. The number of aliphatic hydroxyl groups is 1. The Morgan fingerprint density at radius 2 is 1.60 bits per heavy atom. The van der Waals surface area contributed by atoms with Gasteiger partial charge < -0.3 is 5.11 Å². The summed E-state index contributed by atoms with van der Waals surface area (Å²) >= 11 is 0. The van der Waals surface area contributed by atoms with Crippen molar-refractivity contribution in [1.29, 1.82) is 0 Å². The Kier molecular flexibility index (Phi) is 6.92. The number of hydrogen-bond donors (Lipinski definition) is 1. The minimum absolute atomic E-state index is 0.0158. The molecule has 2 saturated carbocycles. The first-order chi connectivity index (χ1) is 12.2. The van der Waals surface area contributed by atoms with E-state index >= 15 is 0 Å². The molecule has 0 heterocycles. The zero-order chi connectivity index (χ0) is 17.6. The van der Waals surface area contributed by atoms with Crippen molar-refractivity contribution in [1.82, 2.24) is 0 Å². The van der Waals surface area contributed by atoms with E-state index in [1.54, 1.807) is 6.07 Å². The normalized spacial score (nSPS) is 30.4. The molecule has 0 spiro atoms. The standard InChI is InChI=1S/C23H35FO/c1-2-3-17-4-6-18(7-5-17)19-8-10-20(11-9-19)22-13-12-21(14-15-25)23(24)16-22/h12-13,16-20,25H,2-11,14-15H2,1H3. The minimum Gasteiger partial charge on any atom is -0.396 e. The zero-order valence-corrected chi connectivity index (χ0v) is 15.9. The van der Waals surface area contributed by atoms with Gasteiger partial charge in [0.2, 0.25) is 0 Å². The van der Waals surface area contributed by atoms with Crippen molar-refractivity contribution in [3.05, 3.63) is 35.1 Å². The van der Waals surface area contributed by atoms with Gasteiger partial charge in [-0.2, -0.15) is 0 Å². The number of aliphatic hydroxyl groups excluding tert-OH is 1. The molecule has 1 aromatic carbocycles. The van der Waals surface area contributed by atoms with Crippen LogP contribution in [0.3, 0.4) is 0 Å². The fourth-order valence-corrected chi connectivity index (χ4v) is 5.42. The van der Waals surface area contributed by atoms with Gasteiger partial charge in [-0.15, -0.1) is 0 Å². The third-order valence-corrected chi connectivity index (χ3v) is 6.96. The molecule has 2 aliphatic rings. The lowest BCUT2D eigenvalue weighted by Crippen LogP contribution is -2.25. The van der Waals surface area contributed by atoms with Crippen LogP contribution in [-0.4, -0.2) is 11.7 Å². The van der Waals surface area contributed by atoms with Crippen LogP contribution in [-0.2, 0) is 6.42 Å². The van der Waals surface area contributed by atoms with Crippen LogP contribution in [0.4, 0.5) is 4.39 Å². The SMILES string of the molecule is CCCC1CCC(C2CCC(c3ccc(CCO)c(F)c3)CC2)CC1. The summed E-state index contributed by atoms with van der Waals surface area (Å²) < 4.78 is 14.1. The van der Waals surface area contributed by atoms with Gasteiger partial charge in [-0.1, -0.05) is 44.7 Å². The van der Waals surface area contributed by atoms with Gasteiger partial charge in [0.1, 0.15) is 5.82 Å². The van der Waals surface area contributed by atoms with Crippen molar-refractivity contribution in [2.24, 2.45) is 17.8 Å². The van der Waals surface area contributed by atoms with Crippen LogP contribution >= 0.6 is 0 Å². The predicted octanol–water partition coefficient (Wildman–Crippen LogP) is 6.24. The molecular formula is C23H35FO. The summed E-state index contributed by atoms with van der Waals surface area (Å²) in [5.74, 6) is 3.27. The highest BCUT2D eigenvalue weighted by Gasteiger charge is 2.31. The van der Waals surface area contributed by atoms with E-state index in [9.17, 15) is 4.39 Å². The molecule has 0 radical (unpaired) electrons. The van der Waals surface area contributed by atoms with Gasteiger partial charge >= 0.3 is 0 Å². The summed E-state index contributed by atoms with van der Waals surface area (Å²) in [7, 11) is 0. The predicted molar refractivity (Wildman–Crippen MR) is 102 cm³/mol. The van der Waals surface area contributed by atoms with Crippen molar-refractivity contribution in [2.45, 2.75) is 83.5 Å². The highest BCUT2D eigenvalue weighted by Crippen LogP contribution is 2.44. The largest absolute Gasteiger partial charge is 0.396 e. The first-order valence-electron chi connectivity index (χ1n) is 10.6. The van der Waals surface area contributed by atoms with Gasteiger partial charge in [0.05, 0.1) is 0 Å². The maximum atomic E-state index is 14.1. The first kappa shape index (κ1) is 18.9. The monoisotopic (exact) mass is 346 g/mol. The van der Waals surface area contributed by atoms with Crippen LogP contribution in [0.5, 0.6) is 0 Å². The van der Waals surface area contributed by atoms with Gasteiger partial charge in [-0.3, -0.25) is 0 Å². The van der Waals surface area contributed by atoms with E-state index in [0.717, 1.165) is 17.8 Å². The second-order valence-corrected chi connectivity index (χ2v) is 8.51. The average molecular weight is 347 g/mol. The molecule has 25 heavy (non-hydrogen) atoms. The summed E-state index contributed by atoms with van der Waals surface area (Å²) in [5, 5.41) is 8.99. The van der Waals surface area contributed by atoms with Crippen LogP contribution < -0.4 is 0 Å². The number of rotatable bonds is 6. The van der Waals surface area contributed by atoms with Gasteiger partial charge in [0.25, 0.3) is 0 Å². The molecule has 2 heteroatoms. The Morgan fingerprint density at radius 3 is 2.16 bits per heavy atom. The average Bonchev–Trinajstić information content (AvgIpc) is 2.65.